The van der Waals surface area contributed by atoms with Gasteiger partial charge in [0.25, 0.3) is 0 Å². The first-order valence-electron chi connectivity index (χ1n) is 8.67. The minimum Gasteiger partial charge on any atom is -0.444 e. The third-order valence-corrected chi connectivity index (χ3v) is 5.42. The maximum Gasteiger partial charge on any atom is 0.226 e. The van der Waals surface area contributed by atoms with Gasteiger partial charge < -0.3 is 9.73 Å². The van der Waals surface area contributed by atoms with Gasteiger partial charge in [0.05, 0.1) is 5.69 Å². The lowest BCUT2D eigenvalue weighted by molar-refractivity contribution is 0.193. The van der Waals surface area contributed by atoms with Gasteiger partial charge in [0.15, 0.2) is 0 Å². The van der Waals surface area contributed by atoms with Crippen LogP contribution in [0.5, 0.6) is 0 Å². The van der Waals surface area contributed by atoms with Crippen LogP contribution in [0.15, 0.2) is 34.9 Å². The number of rotatable bonds is 3. The van der Waals surface area contributed by atoms with E-state index in [1.807, 2.05) is 6.26 Å². The summed E-state index contributed by atoms with van der Waals surface area (Å²) in [5.74, 6) is 0.732. The number of piperidine rings is 1. The van der Waals surface area contributed by atoms with Gasteiger partial charge >= 0.3 is 0 Å². The number of benzene rings is 1. The van der Waals surface area contributed by atoms with Crippen molar-refractivity contribution in [3.05, 3.63) is 41.8 Å². The van der Waals surface area contributed by atoms with Crippen LogP contribution in [0.4, 0.5) is 0 Å². The highest BCUT2D eigenvalue weighted by Gasteiger charge is 2.38. The minimum absolute atomic E-state index is 0. The Balaban J connectivity index is 0.00000169. The fourth-order valence-corrected chi connectivity index (χ4v) is 3.97. The molecule has 2 saturated heterocycles. The van der Waals surface area contributed by atoms with E-state index in [9.17, 15) is 0 Å². The molecule has 2 aliphatic heterocycles. The predicted octanol–water partition coefficient (Wildman–Crippen LogP) is 3.65. The molecule has 0 aliphatic carbocycles. The van der Waals surface area contributed by atoms with Crippen LogP contribution in [0.2, 0.25) is 0 Å². The summed E-state index contributed by atoms with van der Waals surface area (Å²) in [6.45, 7) is 7.75. The fourth-order valence-electron chi connectivity index (χ4n) is 3.97. The fraction of sp³-hybridized carbons (Fsp3) is 0.526. The summed E-state index contributed by atoms with van der Waals surface area (Å²) in [5, 5.41) is 3.48. The van der Waals surface area contributed by atoms with E-state index in [0.717, 1.165) is 23.7 Å². The molecular weight excluding hydrogens is 322 g/mol. The van der Waals surface area contributed by atoms with Crippen LogP contribution in [0, 0.1) is 12.3 Å². The monoisotopic (exact) mass is 347 g/mol. The molecule has 2 aromatic rings. The molecule has 130 valence electrons. The summed E-state index contributed by atoms with van der Waals surface area (Å²) in [4.78, 5) is 7.23. The largest absolute Gasteiger partial charge is 0.444 e. The lowest BCUT2D eigenvalue weighted by atomic mass is 9.78. The minimum atomic E-state index is 0. The molecule has 2 aliphatic rings. The highest BCUT2D eigenvalue weighted by Crippen LogP contribution is 2.39. The average Bonchev–Trinajstić information content (AvgIpc) is 3.17. The number of nitrogens with zero attached hydrogens (tertiary/aromatic N) is 2. The highest BCUT2D eigenvalue weighted by molar-refractivity contribution is 5.85. The molecule has 3 heterocycles. The van der Waals surface area contributed by atoms with Gasteiger partial charge in [-0.2, -0.15) is 0 Å². The van der Waals surface area contributed by atoms with Gasteiger partial charge in [-0.1, -0.05) is 17.7 Å². The van der Waals surface area contributed by atoms with Crippen molar-refractivity contribution < 1.29 is 4.42 Å². The summed E-state index contributed by atoms with van der Waals surface area (Å²) >= 11 is 0. The zero-order chi connectivity index (χ0) is 15.7. The lowest BCUT2D eigenvalue weighted by Gasteiger charge is -2.33. The molecule has 2 fully saturated rings. The second kappa shape index (κ2) is 7.26. The van der Waals surface area contributed by atoms with Crippen LogP contribution >= 0.6 is 12.4 Å². The van der Waals surface area contributed by atoms with Crippen LogP contribution < -0.4 is 5.32 Å². The van der Waals surface area contributed by atoms with E-state index in [1.165, 1.54) is 51.0 Å². The van der Waals surface area contributed by atoms with Gasteiger partial charge in [0.1, 0.15) is 6.26 Å². The number of hydrogen-bond acceptors (Lipinski definition) is 4. The number of oxazole rings is 1. The van der Waals surface area contributed by atoms with Crippen LogP contribution in [0.25, 0.3) is 11.5 Å². The number of halogens is 1. The summed E-state index contributed by atoms with van der Waals surface area (Å²) in [6.07, 6.45) is 5.79. The third kappa shape index (κ3) is 3.66. The van der Waals surface area contributed by atoms with Gasteiger partial charge in [0, 0.05) is 18.7 Å². The summed E-state index contributed by atoms with van der Waals surface area (Å²) in [6, 6.07) is 8.34. The Morgan fingerprint density at radius 3 is 2.67 bits per heavy atom. The van der Waals surface area contributed by atoms with Crippen LogP contribution in [-0.2, 0) is 6.54 Å². The average molecular weight is 348 g/mol. The van der Waals surface area contributed by atoms with Crippen molar-refractivity contribution in [2.75, 3.05) is 26.2 Å². The topological polar surface area (TPSA) is 41.3 Å². The molecule has 4 nitrogen and oxygen atoms in total. The van der Waals surface area contributed by atoms with Gasteiger partial charge in [-0.15, -0.1) is 12.4 Å². The number of hydrogen-bond donors (Lipinski definition) is 1. The Morgan fingerprint density at radius 1 is 1.17 bits per heavy atom. The van der Waals surface area contributed by atoms with Crippen LogP contribution in [0.3, 0.4) is 0 Å². The molecular formula is C19H26ClN3O. The number of nitrogens with one attached hydrogen (secondary N) is 1. The van der Waals surface area contributed by atoms with Crippen molar-refractivity contribution in [2.45, 2.75) is 32.7 Å². The zero-order valence-electron chi connectivity index (χ0n) is 14.3. The second-order valence-corrected chi connectivity index (χ2v) is 7.22. The molecule has 1 aromatic heterocycles. The normalized spacial score (nSPS) is 20.2. The summed E-state index contributed by atoms with van der Waals surface area (Å²) in [5.41, 5.74) is 3.91. The van der Waals surface area contributed by atoms with Gasteiger partial charge in [-0.05, 0) is 63.4 Å². The van der Waals surface area contributed by atoms with Crippen molar-refractivity contribution >= 4 is 12.4 Å². The molecule has 0 amide bonds. The van der Waals surface area contributed by atoms with E-state index in [0.29, 0.717) is 5.41 Å². The Labute approximate surface area is 150 Å². The van der Waals surface area contributed by atoms with Crippen molar-refractivity contribution in [2.24, 2.45) is 5.41 Å². The van der Waals surface area contributed by atoms with Gasteiger partial charge in [-0.3, -0.25) is 4.90 Å². The van der Waals surface area contributed by atoms with E-state index in [1.54, 1.807) is 0 Å². The number of aryl methyl sites for hydroxylation is 1. The Bertz CT molecular complexity index is 662. The van der Waals surface area contributed by atoms with Gasteiger partial charge in [0.2, 0.25) is 5.89 Å². The Morgan fingerprint density at radius 2 is 1.92 bits per heavy atom. The van der Waals surface area contributed by atoms with Crippen molar-refractivity contribution in [3.63, 3.8) is 0 Å². The molecule has 0 atom stereocenters. The molecule has 1 aromatic carbocycles. The molecule has 4 rings (SSSR count). The van der Waals surface area contributed by atoms with Crippen molar-refractivity contribution in [1.29, 1.82) is 0 Å². The Kier molecular flexibility index (Phi) is 5.28. The van der Waals surface area contributed by atoms with E-state index >= 15 is 0 Å². The van der Waals surface area contributed by atoms with E-state index in [4.69, 9.17) is 4.42 Å². The third-order valence-electron chi connectivity index (χ3n) is 5.42. The van der Waals surface area contributed by atoms with Gasteiger partial charge in [-0.25, -0.2) is 4.98 Å². The van der Waals surface area contributed by atoms with E-state index < -0.39 is 0 Å². The molecule has 0 radical (unpaired) electrons. The smallest absolute Gasteiger partial charge is 0.226 e. The SMILES string of the molecule is Cc1ccc(-c2nc(CN3CCC4(CCNCC4)C3)co2)cc1.Cl. The molecule has 24 heavy (non-hydrogen) atoms. The maximum atomic E-state index is 5.69. The number of aromatic nitrogens is 1. The first-order valence-corrected chi connectivity index (χ1v) is 8.67. The van der Waals surface area contributed by atoms with Crippen LogP contribution in [-0.4, -0.2) is 36.1 Å². The van der Waals surface area contributed by atoms with E-state index in [2.05, 4.69) is 46.4 Å². The first-order chi connectivity index (χ1) is 11.2. The van der Waals surface area contributed by atoms with Crippen LogP contribution in [0.1, 0.15) is 30.5 Å². The lowest BCUT2D eigenvalue weighted by Crippen LogP contribution is -2.38. The second-order valence-electron chi connectivity index (χ2n) is 7.22. The first kappa shape index (κ1) is 17.5. The molecule has 1 spiro atoms. The zero-order valence-corrected chi connectivity index (χ0v) is 15.1. The molecule has 1 N–H and O–H groups in total. The van der Waals surface area contributed by atoms with E-state index in [-0.39, 0.29) is 12.4 Å². The van der Waals surface area contributed by atoms with Crippen molar-refractivity contribution in [1.82, 2.24) is 15.2 Å². The maximum absolute atomic E-state index is 5.69. The highest BCUT2D eigenvalue weighted by atomic mass is 35.5. The quantitative estimate of drug-likeness (QED) is 0.920. The summed E-state index contributed by atoms with van der Waals surface area (Å²) < 4.78 is 5.69. The summed E-state index contributed by atoms with van der Waals surface area (Å²) in [7, 11) is 0. The Hall–Kier alpha value is -1.36. The molecule has 0 saturated carbocycles. The standard InChI is InChI=1S/C19H25N3O.ClH/c1-15-2-4-16(5-3-15)18-21-17(13-23-18)12-22-11-8-19(14-22)6-9-20-10-7-19;/h2-5,13,20H,6-12,14H2,1H3;1H. The molecule has 0 bridgehead atoms. The number of likely N-dealkylation sites (tertiary alicyclic amines) is 1. The molecule has 0 unspecified atom stereocenters. The predicted molar refractivity (Wildman–Crippen MR) is 98.4 cm³/mol. The molecule has 5 heteroatoms. The van der Waals surface area contributed by atoms with Crippen molar-refractivity contribution in [3.8, 4) is 11.5 Å².